The van der Waals surface area contributed by atoms with Crippen molar-refractivity contribution in [2.45, 2.75) is 25.8 Å². The molecule has 2 aromatic rings. The molecule has 1 aliphatic rings. The lowest BCUT2D eigenvalue weighted by Crippen LogP contribution is -2.36. The van der Waals surface area contributed by atoms with Crippen LogP contribution in [0.5, 0.6) is 0 Å². The van der Waals surface area contributed by atoms with Crippen LogP contribution in [-0.4, -0.2) is 29.3 Å². The molecule has 2 heterocycles. The molecule has 0 amide bonds. The molecule has 1 fully saturated rings. The van der Waals surface area contributed by atoms with Crippen molar-refractivity contribution in [3.05, 3.63) is 32.7 Å². The van der Waals surface area contributed by atoms with Gasteiger partial charge in [-0.05, 0) is 50.9 Å². The van der Waals surface area contributed by atoms with E-state index in [-0.39, 0.29) is 36.7 Å². The number of aromatic amines is 1. The Morgan fingerprint density at radius 1 is 1.28 bits per heavy atom. The molecular formula is C15H20Cl4N4O2. The van der Waals surface area contributed by atoms with Crippen molar-refractivity contribution in [3.8, 4) is 11.5 Å². The van der Waals surface area contributed by atoms with Gasteiger partial charge >= 0.3 is 5.76 Å². The van der Waals surface area contributed by atoms with Gasteiger partial charge in [0.1, 0.15) is 0 Å². The normalized spacial score (nSPS) is 15.8. The molecule has 3 N–H and O–H groups in total. The number of aromatic nitrogens is 2. The average molecular weight is 430 g/mol. The number of anilines is 1. The van der Waals surface area contributed by atoms with Gasteiger partial charge in [0.25, 0.3) is 0 Å². The van der Waals surface area contributed by atoms with Gasteiger partial charge < -0.3 is 15.1 Å². The molecule has 1 atom stereocenters. The maximum Gasteiger partial charge on any atom is 0.434 e. The summed E-state index contributed by atoms with van der Waals surface area (Å²) in [6.07, 6.45) is 2.24. The largest absolute Gasteiger partial charge is 0.434 e. The van der Waals surface area contributed by atoms with Crippen molar-refractivity contribution in [3.63, 3.8) is 0 Å². The fourth-order valence-corrected chi connectivity index (χ4v) is 3.26. The third kappa shape index (κ3) is 5.28. The molecule has 6 nitrogen and oxygen atoms in total. The highest BCUT2D eigenvalue weighted by atomic mass is 35.5. The third-order valence-electron chi connectivity index (χ3n) is 4.19. The zero-order valence-corrected chi connectivity index (χ0v) is 16.6. The Morgan fingerprint density at radius 2 is 1.96 bits per heavy atom. The summed E-state index contributed by atoms with van der Waals surface area (Å²) in [6.45, 7) is 4.20. The molecule has 0 saturated carbocycles. The van der Waals surface area contributed by atoms with Gasteiger partial charge in [0, 0.05) is 11.6 Å². The molecular weight excluding hydrogens is 410 g/mol. The second kappa shape index (κ2) is 9.69. The van der Waals surface area contributed by atoms with Crippen LogP contribution in [0.2, 0.25) is 10.0 Å². The maximum absolute atomic E-state index is 11.1. The van der Waals surface area contributed by atoms with Gasteiger partial charge in [0.05, 0.1) is 15.7 Å². The predicted octanol–water partition coefficient (Wildman–Crippen LogP) is 3.98. The minimum atomic E-state index is -0.608. The lowest BCUT2D eigenvalue weighted by Gasteiger charge is -2.30. The number of hydrogen-bond acceptors (Lipinski definition) is 5. The van der Waals surface area contributed by atoms with Crippen molar-refractivity contribution in [1.29, 1.82) is 0 Å². The Hall–Kier alpha value is -0.920. The van der Waals surface area contributed by atoms with Crippen LogP contribution in [0.15, 0.2) is 21.3 Å². The Bertz CT molecular complexity index is 743. The molecule has 0 unspecified atom stereocenters. The summed E-state index contributed by atoms with van der Waals surface area (Å²) in [5, 5.41) is 13.7. The van der Waals surface area contributed by atoms with Crippen LogP contribution >= 0.6 is 48.0 Å². The number of rotatable bonds is 4. The minimum Gasteiger partial charge on any atom is -0.388 e. The van der Waals surface area contributed by atoms with Gasteiger partial charge in [0.15, 0.2) is 0 Å². The van der Waals surface area contributed by atoms with Gasteiger partial charge in [0.2, 0.25) is 5.89 Å². The highest BCUT2D eigenvalue weighted by Gasteiger charge is 2.21. The van der Waals surface area contributed by atoms with Gasteiger partial charge in [-0.1, -0.05) is 23.2 Å². The molecule has 0 bridgehead atoms. The van der Waals surface area contributed by atoms with Crippen molar-refractivity contribution in [2.24, 2.45) is 5.92 Å². The molecule has 25 heavy (non-hydrogen) atoms. The number of nitrogens with one attached hydrogen (secondary N) is 3. The standard InChI is InChI=1S/C15H18Cl2N4O2.2ClH/c1-8(9-2-4-18-5-3-9)19-12-7-10(6-11(16)13(12)17)14-20-21-15(22)23-14;;/h6-9,18-19H,2-5H2,1H3,(H,21,22);2*1H/t8-;;/m0../s1. The van der Waals surface area contributed by atoms with Crippen LogP contribution in [-0.2, 0) is 0 Å². The second-order valence-corrected chi connectivity index (χ2v) is 6.54. The van der Waals surface area contributed by atoms with Crippen molar-refractivity contribution in [2.75, 3.05) is 18.4 Å². The highest BCUT2D eigenvalue weighted by Crippen LogP contribution is 2.36. The molecule has 3 rings (SSSR count). The summed E-state index contributed by atoms with van der Waals surface area (Å²) in [7, 11) is 0. The molecule has 1 aliphatic heterocycles. The minimum absolute atomic E-state index is 0. The molecule has 0 radical (unpaired) electrons. The average Bonchev–Trinajstić information content (AvgIpc) is 2.99. The molecule has 1 aromatic carbocycles. The van der Waals surface area contributed by atoms with Crippen molar-refractivity contribution < 1.29 is 4.42 Å². The van der Waals surface area contributed by atoms with Crippen LogP contribution in [0.4, 0.5) is 5.69 Å². The summed E-state index contributed by atoms with van der Waals surface area (Å²) in [5.41, 5.74) is 1.31. The van der Waals surface area contributed by atoms with E-state index in [1.165, 1.54) is 0 Å². The molecule has 1 aromatic heterocycles. The zero-order chi connectivity index (χ0) is 16.4. The first-order valence-corrected chi connectivity index (χ1v) is 8.32. The monoisotopic (exact) mass is 428 g/mol. The lowest BCUT2D eigenvalue weighted by molar-refractivity contribution is 0.343. The Morgan fingerprint density at radius 3 is 2.56 bits per heavy atom. The van der Waals surface area contributed by atoms with Gasteiger partial charge in [-0.2, -0.15) is 0 Å². The van der Waals surface area contributed by atoms with Gasteiger partial charge in [-0.25, -0.2) is 9.89 Å². The highest BCUT2D eigenvalue weighted by molar-refractivity contribution is 6.44. The molecule has 0 spiro atoms. The van der Waals surface area contributed by atoms with Crippen LogP contribution in [0.25, 0.3) is 11.5 Å². The van der Waals surface area contributed by atoms with E-state index < -0.39 is 5.76 Å². The first-order chi connectivity index (χ1) is 11.0. The summed E-state index contributed by atoms with van der Waals surface area (Å²) in [5.74, 6) is 0.146. The molecule has 1 saturated heterocycles. The zero-order valence-electron chi connectivity index (χ0n) is 13.5. The quantitative estimate of drug-likeness (QED) is 0.684. The van der Waals surface area contributed by atoms with Gasteiger partial charge in [-0.15, -0.1) is 29.9 Å². The SMILES string of the molecule is C[C@H](Nc1cc(-c2n[nH]c(=O)o2)cc(Cl)c1Cl)C1CCNCC1.Cl.Cl. The Labute approximate surface area is 167 Å². The number of halogens is 4. The van der Waals surface area contributed by atoms with E-state index in [2.05, 4.69) is 27.8 Å². The first kappa shape index (κ1) is 22.1. The van der Waals surface area contributed by atoms with Crippen molar-refractivity contribution in [1.82, 2.24) is 15.5 Å². The summed E-state index contributed by atoms with van der Waals surface area (Å²) in [4.78, 5) is 11.1. The van der Waals surface area contributed by atoms with Crippen LogP contribution < -0.4 is 16.4 Å². The fraction of sp³-hybridized carbons (Fsp3) is 0.467. The van der Waals surface area contributed by atoms with E-state index in [1.54, 1.807) is 12.1 Å². The van der Waals surface area contributed by atoms with Crippen molar-refractivity contribution >= 4 is 53.7 Å². The number of piperidine rings is 1. The molecule has 10 heteroatoms. The fourth-order valence-electron chi connectivity index (χ4n) is 2.88. The van der Waals surface area contributed by atoms with E-state index in [9.17, 15) is 4.79 Å². The number of benzene rings is 1. The predicted molar refractivity (Wildman–Crippen MR) is 106 cm³/mol. The van der Waals surface area contributed by atoms with E-state index in [0.29, 0.717) is 27.2 Å². The summed E-state index contributed by atoms with van der Waals surface area (Å²) in [6, 6.07) is 3.68. The van der Waals surface area contributed by atoms with Crippen LogP contribution in [0, 0.1) is 5.92 Å². The van der Waals surface area contributed by atoms with E-state index in [1.807, 2.05) is 0 Å². The van der Waals surface area contributed by atoms with E-state index >= 15 is 0 Å². The van der Waals surface area contributed by atoms with E-state index in [4.69, 9.17) is 27.6 Å². The topological polar surface area (TPSA) is 83.0 Å². The van der Waals surface area contributed by atoms with E-state index in [0.717, 1.165) is 25.9 Å². The van der Waals surface area contributed by atoms with Crippen LogP contribution in [0.3, 0.4) is 0 Å². The Balaban J connectivity index is 0.00000156. The Kier molecular flexibility index (Phi) is 8.57. The summed E-state index contributed by atoms with van der Waals surface area (Å²) < 4.78 is 4.98. The maximum atomic E-state index is 11.1. The number of hydrogen-bond donors (Lipinski definition) is 3. The molecule has 0 aliphatic carbocycles. The van der Waals surface area contributed by atoms with Crippen LogP contribution in [0.1, 0.15) is 19.8 Å². The second-order valence-electron chi connectivity index (χ2n) is 5.76. The summed E-state index contributed by atoms with van der Waals surface area (Å²) >= 11 is 12.5. The third-order valence-corrected chi connectivity index (χ3v) is 4.99. The molecule has 140 valence electrons. The lowest BCUT2D eigenvalue weighted by atomic mass is 9.91. The number of nitrogens with zero attached hydrogens (tertiary/aromatic N) is 1. The first-order valence-electron chi connectivity index (χ1n) is 7.57. The van der Waals surface area contributed by atoms with Gasteiger partial charge in [-0.3, -0.25) is 0 Å². The smallest absolute Gasteiger partial charge is 0.388 e. The number of H-pyrrole nitrogens is 1.